The van der Waals surface area contributed by atoms with E-state index in [9.17, 15) is 0 Å². The quantitative estimate of drug-likeness (QED) is 0.304. The van der Waals surface area contributed by atoms with E-state index < -0.39 is 0 Å². The minimum Gasteiger partial charge on any atom is -0.497 e. The number of guanidine groups is 1. The minimum absolute atomic E-state index is 0. The molecule has 0 aliphatic heterocycles. The van der Waals surface area contributed by atoms with Gasteiger partial charge in [-0.15, -0.1) is 29.1 Å². The maximum Gasteiger partial charge on any atom is 0.188 e. The normalized spacial score (nSPS) is 11.0. The van der Waals surface area contributed by atoms with Crippen LogP contribution in [-0.2, 0) is 6.54 Å². The molecule has 0 unspecified atom stereocenters. The Bertz CT molecular complexity index is 611. The maximum atomic E-state index is 5.78. The van der Waals surface area contributed by atoms with Crippen molar-refractivity contribution in [3.05, 3.63) is 36.2 Å². The van der Waals surface area contributed by atoms with Crippen LogP contribution in [0.3, 0.4) is 0 Å². The minimum atomic E-state index is 0. The maximum absolute atomic E-state index is 5.78. The average molecular weight is 430 g/mol. The fourth-order valence-corrected chi connectivity index (χ4v) is 1.85. The Labute approximate surface area is 153 Å². The van der Waals surface area contributed by atoms with Crippen molar-refractivity contribution in [2.24, 2.45) is 10.7 Å². The van der Waals surface area contributed by atoms with Crippen LogP contribution in [0.1, 0.15) is 25.5 Å². The molecule has 2 rings (SSSR count). The summed E-state index contributed by atoms with van der Waals surface area (Å²) in [5.74, 6) is 1.24. The van der Waals surface area contributed by atoms with Crippen molar-refractivity contribution >= 4 is 29.9 Å². The highest BCUT2D eigenvalue weighted by atomic mass is 127. The van der Waals surface area contributed by atoms with Crippen molar-refractivity contribution in [2.75, 3.05) is 13.7 Å². The van der Waals surface area contributed by atoms with Gasteiger partial charge in [0.1, 0.15) is 11.4 Å². The van der Waals surface area contributed by atoms with Gasteiger partial charge in [0.05, 0.1) is 25.5 Å². The number of hydrogen-bond acceptors (Lipinski definition) is 4. The molecular formula is C15H23IN6O. The summed E-state index contributed by atoms with van der Waals surface area (Å²) in [6, 6.07) is 7.59. The number of unbranched alkanes of at least 4 members (excludes halogenated alkanes) is 1. The second-order valence-corrected chi connectivity index (χ2v) is 4.83. The Balaban J connectivity index is 0.00000264. The fourth-order valence-electron chi connectivity index (χ4n) is 1.85. The van der Waals surface area contributed by atoms with Crippen molar-refractivity contribution < 1.29 is 4.74 Å². The van der Waals surface area contributed by atoms with Gasteiger partial charge in [-0.05, 0) is 30.7 Å². The molecule has 0 radical (unpaired) electrons. The first-order chi connectivity index (χ1) is 10.7. The fraction of sp³-hybridized carbons (Fsp3) is 0.400. The van der Waals surface area contributed by atoms with Gasteiger partial charge >= 0.3 is 0 Å². The predicted molar refractivity (Wildman–Crippen MR) is 102 cm³/mol. The summed E-state index contributed by atoms with van der Waals surface area (Å²) < 4.78 is 6.83. The number of ether oxygens (including phenoxy) is 1. The summed E-state index contributed by atoms with van der Waals surface area (Å²) in [5, 5.41) is 11.2. The lowest BCUT2D eigenvalue weighted by Crippen LogP contribution is -2.32. The number of nitrogens with zero attached hydrogens (tertiary/aromatic N) is 4. The number of aliphatic imine (C=N–C) groups is 1. The predicted octanol–water partition coefficient (Wildman–Crippen LogP) is 2.10. The number of aromatic nitrogens is 3. The lowest BCUT2D eigenvalue weighted by atomic mass is 10.3. The van der Waals surface area contributed by atoms with Crippen molar-refractivity contribution in [1.29, 1.82) is 0 Å². The van der Waals surface area contributed by atoms with Gasteiger partial charge < -0.3 is 15.8 Å². The second-order valence-electron chi connectivity index (χ2n) is 4.83. The number of methoxy groups -OCH3 is 1. The van der Waals surface area contributed by atoms with E-state index in [1.807, 2.05) is 30.5 Å². The van der Waals surface area contributed by atoms with Gasteiger partial charge in [0.2, 0.25) is 0 Å². The van der Waals surface area contributed by atoms with E-state index in [4.69, 9.17) is 10.5 Å². The molecule has 1 aromatic heterocycles. The van der Waals surface area contributed by atoms with E-state index in [2.05, 4.69) is 27.5 Å². The summed E-state index contributed by atoms with van der Waals surface area (Å²) in [6.45, 7) is 3.37. The average Bonchev–Trinajstić information content (AvgIpc) is 3.02. The van der Waals surface area contributed by atoms with Crippen LogP contribution in [0.15, 0.2) is 35.5 Å². The number of hydrogen-bond donors (Lipinski definition) is 2. The molecule has 0 saturated carbocycles. The highest BCUT2D eigenvalue weighted by Crippen LogP contribution is 2.14. The molecule has 2 aromatic rings. The van der Waals surface area contributed by atoms with Crippen LogP contribution in [-0.4, -0.2) is 34.6 Å². The van der Waals surface area contributed by atoms with Crippen LogP contribution in [0.4, 0.5) is 0 Å². The first-order valence-corrected chi connectivity index (χ1v) is 7.32. The van der Waals surface area contributed by atoms with E-state index in [-0.39, 0.29) is 24.0 Å². The number of halogens is 1. The topological polar surface area (TPSA) is 90.3 Å². The third-order valence-electron chi connectivity index (χ3n) is 3.13. The molecular weight excluding hydrogens is 407 g/mol. The summed E-state index contributed by atoms with van der Waals surface area (Å²) in [5.41, 5.74) is 7.46. The van der Waals surface area contributed by atoms with Crippen LogP contribution in [0.5, 0.6) is 5.75 Å². The first kappa shape index (κ1) is 19.2. The molecule has 0 aliphatic rings. The van der Waals surface area contributed by atoms with Crippen molar-refractivity contribution in [2.45, 2.75) is 26.3 Å². The molecule has 1 aromatic carbocycles. The van der Waals surface area contributed by atoms with Crippen LogP contribution >= 0.6 is 24.0 Å². The molecule has 1 heterocycles. The summed E-state index contributed by atoms with van der Waals surface area (Å²) in [7, 11) is 1.64. The zero-order valence-electron chi connectivity index (χ0n) is 13.4. The highest BCUT2D eigenvalue weighted by Gasteiger charge is 2.03. The third-order valence-corrected chi connectivity index (χ3v) is 3.13. The van der Waals surface area contributed by atoms with Gasteiger partial charge in [0, 0.05) is 6.54 Å². The zero-order valence-corrected chi connectivity index (χ0v) is 15.7. The molecule has 23 heavy (non-hydrogen) atoms. The van der Waals surface area contributed by atoms with Crippen molar-refractivity contribution in [3.8, 4) is 11.4 Å². The van der Waals surface area contributed by atoms with Crippen LogP contribution in [0, 0.1) is 0 Å². The number of benzene rings is 1. The van der Waals surface area contributed by atoms with Gasteiger partial charge in [-0.2, -0.15) is 0 Å². The molecule has 0 saturated heterocycles. The molecule has 8 heteroatoms. The number of nitrogens with two attached hydrogens (primary N) is 1. The summed E-state index contributed by atoms with van der Waals surface area (Å²) in [4.78, 5) is 4.25. The van der Waals surface area contributed by atoms with Crippen LogP contribution in [0.2, 0.25) is 0 Å². The van der Waals surface area contributed by atoms with E-state index in [0.717, 1.165) is 36.5 Å². The van der Waals surface area contributed by atoms with Crippen molar-refractivity contribution in [1.82, 2.24) is 20.3 Å². The number of nitrogens with one attached hydrogen (secondary N) is 1. The van der Waals surface area contributed by atoms with Crippen LogP contribution in [0.25, 0.3) is 5.69 Å². The number of rotatable bonds is 7. The SMILES string of the molecule is CCCCNC(N)=NCc1cn(-c2ccc(OC)cc2)nn1.I. The molecule has 126 valence electrons. The van der Waals surface area contributed by atoms with Crippen molar-refractivity contribution in [3.63, 3.8) is 0 Å². The van der Waals surface area contributed by atoms with E-state index in [0.29, 0.717) is 12.5 Å². The molecule has 0 amide bonds. The molecule has 0 fully saturated rings. The molecule has 3 N–H and O–H groups in total. The Morgan fingerprint density at radius 2 is 2.09 bits per heavy atom. The summed E-state index contributed by atoms with van der Waals surface area (Å²) in [6.07, 6.45) is 4.03. The zero-order chi connectivity index (χ0) is 15.8. The molecule has 0 bridgehead atoms. The lowest BCUT2D eigenvalue weighted by molar-refractivity contribution is 0.414. The van der Waals surface area contributed by atoms with E-state index in [1.165, 1.54) is 0 Å². The van der Waals surface area contributed by atoms with E-state index >= 15 is 0 Å². The largest absolute Gasteiger partial charge is 0.497 e. The van der Waals surface area contributed by atoms with Gasteiger partial charge in [-0.3, -0.25) is 0 Å². The van der Waals surface area contributed by atoms with E-state index in [1.54, 1.807) is 11.8 Å². The summed E-state index contributed by atoms with van der Waals surface area (Å²) >= 11 is 0. The van der Waals surface area contributed by atoms with Gasteiger partial charge in [-0.1, -0.05) is 18.6 Å². The Morgan fingerprint density at radius 1 is 1.35 bits per heavy atom. The Kier molecular flexibility index (Phi) is 8.38. The Hall–Kier alpha value is -1.84. The Morgan fingerprint density at radius 3 is 2.74 bits per heavy atom. The second kappa shape index (κ2) is 10.0. The smallest absolute Gasteiger partial charge is 0.188 e. The molecule has 0 spiro atoms. The first-order valence-electron chi connectivity index (χ1n) is 7.32. The monoisotopic (exact) mass is 430 g/mol. The highest BCUT2D eigenvalue weighted by molar-refractivity contribution is 14.0. The van der Waals surface area contributed by atoms with Gasteiger partial charge in [-0.25, -0.2) is 9.67 Å². The van der Waals surface area contributed by atoms with Gasteiger partial charge in [0.25, 0.3) is 0 Å². The standard InChI is InChI=1S/C15H22N6O.HI/c1-3-4-9-17-15(16)18-10-12-11-21(20-19-12)13-5-7-14(22-2)8-6-13;/h5-8,11H,3-4,9-10H2,1-2H3,(H3,16,17,18);1H. The lowest BCUT2D eigenvalue weighted by Gasteiger charge is -2.03. The molecule has 0 atom stereocenters. The van der Waals surface area contributed by atoms with Gasteiger partial charge in [0.15, 0.2) is 5.96 Å². The molecule has 0 aliphatic carbocycles. The third kappa shape index (κ3) is 6.05. The molecule has 7 nitrogen and oxygen atoms in total. The van der Waals surface area contributed by atoms with Crippen LogP contribution < -0.4 is 15.8 Å².